The number of hydrogen-bond donors (Lipinski definition) is 4. The highest BCUT2D eigenvalue weighted by molar-refractivity contribution is 6.18. The van der Waals surface area contributed by atoms with Crippen molar-refractivity contribution < 1.29 is 0 Å². The summed E-state index contributed by atoms with van der Waals surface area (Å²) in [5.74, 6) is 0.966. The van der Waals surface area contributed by atoms with Crippen LogP contribution in [0.5, 0.6) is 0 Å². The summed E-state index contributed by atoms with van der Waals surface area (Å²) in [6, 6.07) is 15.9. The third-order valence-electron chi connectivity index (χ3n) is 6.09. The molecule has 0 aliphatic carbocycles. The SMILES string of the molecule is CN=Cc1c(N)cccc1C(=N)c1cccc(C)c1Nc1ccc(N2CCC(N)CC2)nc1. The Balaban J connectivity index is 1.62. The average molecular weight is 442 g/mol. The molecule has 6 N–H and O–H groups in total. The van der Waals surface area contributed by atoms with Crippen molar-refractivity contribution in [2.45, 2.75) is 25.8 Å². The van der Waals surface area contributed by atoms with E-state index in [1.54, 1.807) is 13.3 Å². The maximum absolute atomic E-state index is 8.98. The van der Waals surface area contributed by atoms with E-state index in [0.29, 0.717) is 17.4 Å². The van der Waals surface area contributed by atoms with Crippen molar-refractivity contribution in [1.82, 2.24) is 4.98 Å². The molecule has 0 atom stereocenters. The van der Waals surface area contributed by atoms with Crippen molar-refractivity contribution >= 4 is 34.8 Å². The summed E-state index contributed by atoms with van der Waals surface area (Å²) in [4.78, 5) is 11.1. The van der Waals surface area contributed by atoms with Gasteiger partial charge < -0.3 is 21.7 Å². The second kappa shape index (κ2) is 9.83. The molecule has 0 unspecified atom stereocenters. The van der Waals surface area contributed by atoms with Gasteiger partial charge in [-0.1, -0.05) is 30.3 Å². The van der Waals surface area contributed by atoms with Gasteiger partial charge in [-0.2, -0.15) is 0 Å². The van der Waals surface area contributed by atoms with Gasteiger partial charge in [0.2, 0.25) is 0 Å². The van der Waals surface area contributed by atoms with Crippen LogP contribution in [0, 0.1) is 12.3 Å². The predicted octanol–water partition coefficient (Wildman–Crippen LogP) is 4.11. The van der Waals surface area contributed by atoms with Crippen LogP contribution in [0.1, 0.15) is 35.1 Å². The monoisotopic (exact) mass is 441 g/mol. The molecule has 7 nitrogen and oxygen atoms in total. The average Bonchev–Trinajstić information content (AvgIpc) is 2.82. The first-order valence-corrected chi connectivity index (χ1v) is 11.2. The Morgan fingerprint density at radius 2 is 1.85 bits per heavy atom. The normalized spacial score (nSPS) is 14.6. The number of nitrogen functional groups attached to an aromatic ring is 1. The Morgan fingerprint density at radius 3 is 2.55 bits per heavy atom. The summed E-state index contributed by atoms with van der Waals surface area (Å²) in [7, 11) is 1.70. The lowest BCUT2D eigenvalue weighted by Crippen LogP contribution is -2.40. The third-order valence-corrected chi connectivity index (χ3v) is 6.09. The van der Waals surface area contributed by atoms with E-state index in [1.165, 1.54) is 0 Å². The van der Waals surface area contributed by atoms with Crippen LogP contribution in [-0.2, 0) is 0 Å². The summed E-state index contributed by atoms with van der Waals surface area (Å²) >= 11 is 0. The second-order valence-electron chi connectivity index (χ2n) is 8.42. The topological polar surface area (TPSA) is 116 Å². The van der Waals surface area contributed by atoms with E-state index in [0.717, 1.165) is 65.4 Å². The minimum absolute atomic E-state index is 0.293. The highest BCUT2D eigenvalue weighted by Gasteiger charge is 2.18. The molecule has 0 radical (unpaired) electrons. The number of rotatable bonds is 6. The number of piperidine rings is 1. The fraction of sp³-hybridized carbons (Fsp3) is 0.269. The van der Waals surface area contributed by atoms with Gasteiger partial charge in [0.05, 0.1) is 23.3 Å². The number of hydrogen-bond acceptors (Lipinski definition) is 7. The van der Waals surface area contributed by atoms with E-state index < -0.39 is 0 Å². The zero-order valence-corrected chi connectivity index (χ0v) is 19.2. The summed E-state index contributed by atoms with van der Waals surface area (Å²) in [5, 5.41) is 12.5. The van der Waals surface area contributed by atoms with E-state index in [1.807, 2.05) is 61.7 Å². The molecule has 1 fully saturated rings. The van der Waals surface area contributed by atoms with Crippen molar-refractivity contribution in [3.63, 3.8) is 0 Å². The van der Waals surface area contributed by atoms with E-state index in [-0.39, 0.29) is 0 Å². The highest BCUT2D eigenvalue weighted by atomic mass is 15.2. The van der Waals surface area contributed by atoms with E-state index in [4.69, 9.17) is 16.9 Å². The molecule has 0 amide bonds. The maximum Gasteiger partial charge on any atom is 0.128 e. The van der Waals surface area contributed by atoms with Crippen LogP contribution >= 0.6 is 0 Å². The number of benzene rings is 2. The molecule has 0 bridgehead atoms. The minimum Gasteiger partial charge on any atom is -0.398 e. The first kappa shape index (κ1) is 22.5. The second-order valence-corrected chi connectivity index (χ2v) is 8.42. The number of aryl methyl sites for hydroxylation is 1. The molecule has 2 heterocycles. The quantitative estimate of drug-likeness (QED) is 0.339. The lowest BCUT2D eigenvalue weighted by Gasteiger charge is -2.31. The highest BCUT2D eigenvalue weighted by Crippen LogP contribution is 2.29. The molecule has 170 valence electrons. The Morgan fingerprint density at radius 1 is 1.12 bits per heavy atom. The molecule has 33 heavy (non-hydrogen) atoms. The van der Waals surface area contributed by atoms with Crippen molar-refractivity contribution in [1.29, 1.82) is 5.41 Å². The van der Waals surface area contributed by atoms with Gasteiger partial charge in [0.15, 0.2) is 0 Å². The molecule has 2 aromatic carbocycles. The molecular weight excluding hydrogens is 410 g/mol. The number of nitrogens with two attached hydrogens (primary N) is 2. The van der Waals surface area contributed by atoms with Crippen molar-refractivity contribution in [3.8, 4) is 0 Å². The Labute approximate surface area is 195 Å². The number of pyridine rings is 1. The Kier molecular flexibility index (Phi) is 6.70. The fourth-order valence-electron chi connectivity index (χ4n) is 4.18. The van der Waals surface area contributed by atoms with Crippen LogP contribution < -0.4 is 21.7 Å². The lowest BCUT2D eigenvalue weighted by molar-refractivity contribution is 0.498. The first-order chi connectivity index (χ1) is 16.0. The smallest absolute Gasteiger partial charge is 0.128 e. The number of nitrogens with zero attached hydrogens (tertiary/aromatic N) is 3. The molecule has 1 aromatic heterocycles. The number of aliphatic imine (C=N–C) groups is 1. The molecule has 0 saturated carbocycles. The van der Waals surface area contributed by atoms with Crippen LogP contribution in [0.4, 0.5) is 22.9 Å². The van der Waals surface area contributed by atoms with Gasteiger partial charge in [0, 0.05) is 54.8 Å². The van der Waals surface area contributed by atoms with E-state index >= 15 is 0 Å². The zero-order chi connectivity index (χ0) is 23.4. The first-order valence-electron chi connectivity index (χ1n) is 11.2. The van der Waals surface area contributed by atoms with E-state index in [2.05, 4.69) is 20.2 Å². The molecular formula is C26H31N7. The number of para-hydroxylation sites is 1. The molecule has 4 rings (SSSR count). The third kappa shape index (κ3) is 4.88. The Bertz CT molecular complexity index is 1160. The van der Waals surface area contributed by atoms with Crippen LogP contribution in [0.3, 0.4) is 0 Å². The number of nitrogens with one attached hydrogen (secondary N) is 2. The van der Waals surface area contributed by atoms with Crippen molar-refractivity contribution in [2.75, 3.05) is 36.1 Å². The summed E-state index contributed by atoms with van der Waals surface area (Å²) < 4.78 is 0. The lowest BCUT2D eigenvalue weighted by atomic mass is 9.94. The van der Waals surface area contributed by atoms with Crippen LogP contribution in [0.25, 0.3) is 0 Å². The van der Waals surface area contributed by atoms with Crippen molar-refractivity contribution in [3.05, 3.63) is 77.0 Å². The molecule has 1 saturated heterocycles. The van der Waals surface area contributed by atoms with Gasteiger partial charge >= 0.3 is 0 Å². The number of anilines is 4. The maximum atomic E-state index is 8.98. The summed E-state index contributed by atoms with van der Waals surface area (Å²) in [5.41, 5.74) is 18.3. The number of aromatic nitrogens is 1. The molecule has 1 aliphatic heterocycles. The molecule has 0 spiro atoms. The van der Waals surface area contributed by atoms with Crippen molar-refractivity contribution in [2.24, 2.45) is 10.7 Å². The van der Waals surface area contributed by atoms with Gasteiger partial charge in [-0.3, -0.25) is 10.4 Å². The standard InChI is InChI=1S/C26H31N7/c1-17-5-3-7-21(25(29)20-6-4-8-23(28)22(20)16-30-2)26(17)32-19-9-10-24(31-15-19)33-13-11-18(27)12-14-33/h3-10,15-16,18,29,32H,11-14,27-28H2,1-2H3. The Hall–Kier alpha value is -3.71. The largest absolute Gasteiger partial charge is 0.398 e. The predicted molar refractivity (Wildman–Crippen MR) is 138 cm³/mol. The van der Waals surface area contributed by atoms with Gasteiger partial charge in [0.1, 0.15) is 5.82 Å². The van der Waals surface area contributed by atoms with Gasteiger partial charge in [0.25, 0.3) is 0 Å². The molecule has 1 aliphatic rings. The molecule has 7 heteroatoms. The summed E-state index contributed by atoms with van der Waals surface area (Å²) in [6.45, 7) is 3.90. The zero-order valence-electron chi connectivity index (χ0n) is 19.2. The molecule has 3 aromatic rings. The van der Waals surface area contributed by atoms with Gasteiger partial charge in [-0.05, 0) is 43.5 Å². The van der Waals surface area contributed by atoms with Gasteiger partial charge in [-0.25, -0.2) is 4.98 Å². The van der Waals surface area contributed by atoms with Crippen LogP contribution in [0.15, 0.2) is 59.7 Å². The minimum atomic E-state index is 0.293. The van der Waals surface area contributed by atoms with E-state index in [9.17, 15) is 0 Å². The van der Waals surface area contributed by atoms with Crippen LogP contribution in [0.2, 0.25) is 0 Å². The van der Waals surface area contributed by atoms with Crippen LogP contribution in [-0.4, -0.2) is 43.1 Å². The summed E-state index contributed by atoms with van der Waals surface area (Å²) in [6.07, 6.45) is 5.54. The van der Waals surface area contributed by atoms with Gasteiger partial charge in [-0.15, -0.1) is 0 Å². The fourth-order valence-corrected chi connectivity index (χ4v) is 4.18.